The Balaban J connectivity index is 2.22. The quantitative estimate of drug-likeness (QED) is 0.624. The predicted octanol–water partition coefficient (Wildman–Crippen LogP) is 5.30. The molecular weight excluding hydrogens is 258 g/mol. The van der Waals surface area contributed by atoms with E-state index in [9.17, 15) is 0 Å². The summed E-state index contributed by atoms with van der Waals surface area (Å²) in [6, 6.07) is 0.750. The van der Waals surface area contributed by atoms with Crippen molar-refractivity contribution in [1.82, 2.24) is 4.90 Å². The maximum absolute atomic E-state index is 2.59. The highest BCUT2D eigenvalue weighted by atomic mass is 28.3. The Bertz CT molecular complexity index is 381. The number of nitrogens with zero attached hydrogens (tertiary/aromatic N) is 1. The zero-order valence-corrected chi connectivity index (χ0v) is 15.8. The van der Waals surface area contributed by atoms with Gasteiger partial charge in [0, 0.05) is 13.1 Å². The van der Waals surface area contributed by atoms with Gasteiger partial charge in [-0.3, -0.25) is 0 Å². The third-order valence-corrected chi connectivity index (χ3v) is 8.23. The third-order valence-electron chi connectivity index (χ3n) is 5.87. The van der Waals surface area contributed by atoms with E-state index < -0.39 is 8.07 Å². The van der Waals surface area contributed by atoms with Crippen molar-refractivity contribution in [2.24, 2.45) is 17.3 Å². The van der Waals surface area contributed by atoms with Gasteiger partial charge in [-0.1, -0.05) is 58.5 Å². The molecule has 0 aromatic rings. The van der Waals surface area contributed by atoms with Crippen LogP contribution in [-0.4, -0.2) is 26.1 Å². The largest absolute Gasteiger partial charge is 0.377 e. The lowest BCUT2D eigenvalue weighted by Gasteiger charge is -2.51. The Labute approximate surface area is 127 Å². The molecule has 0 aromatic carbocycles. The smallest absolute Gasteiger partial charge is 0.0746 e. The predicted molar refractivity (Wildman–Crippen MR) is 92.5 cm³/mol. The highest BCUT2D eigenvalue weighted by molar-refractivity contribution is 6.83. The summed E-state index contributed by atoms with van der Waals surface area (Å²) in [5.41, 5.74) is 0.530. The normalized spacial score (nSPS) is 39.6. The molecule has 2 heteroatoms. The molecule has 2 rings (SSSR count). The molecule has 20 heavy (non-hydrogen) atoms. The van der Waals surface area contributed by atoms with Gasteiger partial charge in [0.2, 0.25) is 0 Å². The van der Waals surface area contributed by atoms with Gasteiger partial charge in [-0.25, -0.2) is 0 Å². The van der Waals surface area contributed by atoms with E-state index in [0.29, 0.717) is 5.41 Å². The van der Waals surface area contributed by atoms with Crippen LogP contribution in [0.25, 0.3) is 0 Å². The summed E-state index contributed by atoms with van der Waals surface area (Å²) in [5, 5.41) is 1.77. The van der Waals surface area contributed by atoms with Crippen LogP contribution in [0.4, 0.5) is 0 Å². The summed E-state index contributed by atoms with van der Waals surface area (Å²) >= 11 is 0. The Morgan fingerprint density at radius 3 is 2.45 bits per heavy atom. The molecule has 2 aliphatic rings. The van der Waals surface area contributed by atoms with Gasteiger partial charge in [-0.2, -0.15) is 0 Å². The molecule has 0 saturated heterocycles. The molecule has 0 radical (unpaired) electrons. The van der Waals surface area contributed by atoms with Gasteiger partial charge in [-0.05, 0) is 42.7 Å². The van der Waals surface area contributed by atoms with E-state index in [1.165, 1.54) is 32.1 Å². The molecular formula is C18H35NSi. The van der Waals surface area contributed by atoms with Crippen LogP contribution in [0.2, 0.25) is 19.6 Å². The van der Waals surface area contributed by atoms with Crippen molar-refractivity contribution < 1.29 is 0 Å². The van der Waals surface area contributed by atoms with E-state index in [-0.39, 0.29) is 0 Å². The van der Waals surface area contributed by atoms with E-state index in [1.807, 2.05) is 0 Å². The molecule has 1 nitrogen and oxygen atoms in total. The summed E-state index contributed by atoms with van der Waals surface area (Å²) in [6.45, 7) is 15.0. The summed E-state index contributed by atoms with van der Waals surface area (Å²) in [4.78, 5) is 2.59. The molecule has 0 aromatic heterocycles. The van der Waals surface area contributed by atoms with Gasteiger partial charge in [0.15, 0.2) is 0 Å². The number of rotatable bonds is 2. The fraction of sp³-hybridized carbons (Fsp3) is 0.889. The summed E-state index contributed by atoms with van der Waals surface area (Å²) in [6.07, 6.45) is 9.63. The highest BCUT2D eigenvalue weighted by Gasteiger charge is 2.43. The third kappa shape index (κ3) is 3.15. The molecule has 116 valence electrons. The molecule has 1 aliphatic carbocycles. The minimum absolute atomic E-state index is 0.530. The van der Waals surface area contributed by atoms with Crippen molar-refractivity contribution in [3.63, 3.8) is 0 Å². The van der Waals surface area contributed by atoms with Crippen molar-refractivity contribution in [1.29, 1.82) is 0 Å². The van der Waals surface area contributed by atoms with Crippen LogP contribution in [0, 0.1) is 17.3 Å². The van der Waals surface area contributed by atoms with E-state index in [0.717, 1.165) is 17.9 Å². The average Bonchev–Trinajstić information content (AvgIpc) is 2.29. The van der Waals surface area contributed by atoms with Crippen LogP contribution in [0.5, 0.6) is 0 Å². The number of allylic oxidation sites excluding steroid dienone is 1. The van der Waals surface area contributed by atoms with Crippen molar-refractivity contribution in [3.05, 3.63) is 11.4 Å². The second-order valence-electron chi connectivity index (χ2n) is 9.01. The molecule has 1 saturated carbocycles. The Hall–Kier alpha value is -0.243. The molecule has 0 amide bonds. The standard InChI is InChI=1S/C18H35NSi/c1-14-9-8-10-18(3,12-14)17-11-15(2)16(13-19(17)4)20(5,6)7/h13-15,17H,8-12H2,1-7H3. The second kappa shape index (κ2) is 5.51. The molecule has 1 heterocycles. The number of hydrogen-bond acceptors (Lipinski definition) is 1. The first-order valence-electron chi connectivity index (χ1n) is 8.57. The zero-order valence-electron chi connectivity index (χ0n) is 14.8. The first-order valence-corrected chi connectivity index (χ1v) is 12.1. The SMILES string of the molecule is CC1CCCC(C)(C2CC(C)C([Si](C)(C)C)=CN2C)C1. The van der Waals surface area contributed by atoms with Crippen molar-refractivity contribution in [2.75, 3.05) is 7.05 Å². The Kier molecular flexibility index (Phi) is 4.45. The van der Waals surface area contributed by atoms with Crippen LogP contribution in [0.15, 0.2) is 11.4 Å². The summed E-state index contributed by atoms with van der Waals surface area (Å²) in [5.74, 6) is 1.71. The first-order chi connectivity index (χ1) is 9.13. The van der Waals surface area contributed by atoms with Crippen molar-refractivity contribution in [3.8, 4) is 0 Å². The molecule has 4 unspecified atom stereocenters. The van der Waals surface area contributed by atoms with Gasteiger partial charge < -0.3 is 4.90 Å². The van der Waals surface area contributed by atoms with Gasteiger partial charge in [0.25, 0.3) is 0 Å². The molecule has 1 fully saturated rings. The monoisotopic (exact) mass is 293 g/mol. The highest BCUT2D eigenvalue weighted by Crippen LogP contribution is 2.47. The zero-order chi connectivity index (χ0) is 15.1. The summed E-state index contributed by atoms with van der Waals surface area (Å²) in [7, 11) is 1.18. The topological polar surface area (TPSA) is 3.24 Å². The molecule has 0 N–H and O–H groups in total. The maximum Gasteiger partial charge on any atom is 0.0746 e. The molecule has 1 aliphatic heterocycles. The van der Waals surface area contributed by atoms with Crippen LogP contribution in [0.3, 0.4) is 0 Å². The average molecular weight is 294 g/mol. The van der Waals surface area contributed by atoms with Gasteiger partial charge in [-0.15, -0.1) is 0 Å². The van der Waals surface area contributed by atoms with Crippen molar-refractivity contribution >= 4 is 8.07 Å². The van der Waals surface area contributed by atoms with E-state index in [1.54, 1.807) is 5.20 Å². The lowest BCUT2D eigenvalue weighted by atomic mass is 9.64. The lowest BCUT2D eigenvalue weighted by Crippen LogP contribution is -2.49. The fourth-order valence-corrected chi connectivity index (χ4v) is 7.12. The minimum atomic E-state index is -1.16. The van der Waals surface area contributed by atoms with E-state index in [2.05, 4.69) is 58.6 Å². The second-order valence-corrected chi connectivity index (χ2v) is 14.1. The molecule has 0 spiro atoms. The van der Waals surface area contributed by atoms with Crippen LogP contribution >= 0.6 is 0 Å². The molecule has 0 bridgehead atoms. The van der Waals surface area contributed by atoms with Crippen molar-refractivity contribution in [2.45, 2.75) is 78.6 Å². The lowest BCUT2D eigenvalue weighted by molar-refractivity contribution is 0.0471. The Morgan fingerprint density at radius 2 is 1.90 bits per heavy atom. The first kappa shape index (κ1) is 16.1. The maximum atomic E-state index is 2.59. The van der Waals surface area contributed by atoms with Crippen LogP contribution in [-0.2, 0) is 0 Å². The van der Waals surface area contributed by atoms with Crippen LogP contribution in [0.1, 0.15) is 52.9 Å². The fourth-order valence-electron chi connectivity index (χ4n) is 4.93. The van der Waals surface area contributed by atoms with Gasteiger partial charge >= 0.3 is 0 Å². The van der Waals surface area contributed by atoms with E-state index >= 15 is 0 Å². The van der Waals surface area contributed by atoms with Gasteiger partial charge in [0.05, 0.1) is 8.07 Å². The van der Waals surface area contributed by atoms with E-state index in [4.69, 9.17) is 0 Å². The van der Waals surface area contributed by atoms with Crippen LogP contribution < -0.4 is 0 Å². The minimum Gasteiger partial charge on any atom is -0.377 e. The Morgan fingerprint density at radius 1 is 1.25 bits per heavy atom. The van der Waals surface area contributed by atoms with Gasteiger partial charge in [0.1, 0.15) is 0 Å². The molecule has 4 atom stereocenters. The number of hydrogen-bond donors (Lipinski definition) is 0. The summed E-state index contributed by atoms with van der Waals surface area (Å²) < 4.78 is 0.